The Kier molecular flexibility index (Phi) is 12.0. The maximum atomic E-state index is 14.4. The zero-order valence-electron chi connectivity index (χ0n) is 29.3. The lowest BCUT2D eigenvalue weighted by Crippen LogP contribution is -2.50. The number of piperidine rings is 1. The number of hydrogen-bond acceptors (Lipinski definition) is 10. The minimum atomic E-state index is -1.01. The standard InChI is InChI=1S/C36H49FN6O5/c1-10-14-27-20-28(17-18-43(27)34(44)47-35(4,5)6)46-30-21-29(45-24(3)23(2)19-26(37)22-38-9)39-31(40-30)32-41-33(48-42-32)36(7,8)25-15-12-11-13-16-25/h1,11-13,15-16,21,23-24,26-28,38H,14,17-20,22H2,2-9H3/t23-,24-,26+,27+,28-/m0/s1. The Hall–Kier alpha value is -4.24. The van der Waals surface area contributed by atoms with Gasteiger partial charge in [-0.3, -0.25) is 0 Å². The van der Waals surface area contributed by atoms with Gasteiger partial charge in [0.05, 0.1) is 11.5 Å². The van der Waals surface area contributed by atoms with Crippen LogP contribution < -0.4 is 14.8 Å². The molecule has 0 bridgehead atoms. The monoisotopic (exact) mass is 664 g/mol. The maximum Gasteiger partial charge on any atom is 0.410 e. The molecule has 0 radical (unpaired) electrons. The molecule has 1 aliphatic rings. The van der Waals surface area contributed by atoms with Crippen LogP contribution in [0.4, 0.5) is 9.18 Å². The molecule has 1 N–H and O–H groups in total. The highest BCUT2D eigenvalue weighted by Crippen LogP contribution is 2.33. The molecule has 260 valence electrons. The van der Waals surface area contributed by atoms with E-state index in [0.29, 0.717) is 38.1 Å². The lowest BCUT2D eigenvalue weighted by Gasteiger charge is -2.39. The molecule has 11 nitrogen and oxygen atoms in total. The van der Waals surface area contributed by atoms with E-state index in [-0.39, 0.29) is 54.1 Å². The van der Waals surface area contributed by atoms with Gasteiger partial charge < -0.3 is 29.0 Å². The van der Waals surface area contributed by atoms with Crippen molar-refractivity contribution in [3.05, 3.63) is 47.9 Å². The van der Waals surface area contributed by atoms with Crippen molar-refractivity contribution in [3.63, 3.8) is 0 Å². The van der Waals surface area contributed by atoms with E-state index in [2.05, 4.69) is 31.3 Å². The molecule has 3 aromatic rings. The highest BCUT2D eigenvalue weighted by Gasteiger charge is 2.36. The number of alkyl halides is 1. The Morgan fingerprint density at radius 2 is 1.83 bits per heavy atom. The number of nitrogens with zero attached hydrogens (tertiary/aromatic N) is 5. The first-order valence-corrected chi connectivity index (χ1v) is 16.5. The number of carbonyl (C=O) groups excluding carboxylic acids is 1. The third-order valence-electron chi connectivity index (χ3n) is 8.43. The average molecular weight is 665 g/mol. The van der Waals surface area contributed by atoms with Crippen molar-refractivity contribution in [1.82, 2.24) is 30.3 Å². The van der Waals surface area contributed by atoms with Crippen LogP contribution in [0.5, 0.6) is 11.8 Å². The van der Waals surface area contributed by atoms with Gasteiger partial charge in [0, 0.05) is 38.4 Å². The van der Waals surface area contributed by atoms with E-state index in [1.807, 2.05) is 78.8 Å². The molecule has 3 heterocycles. The molecular formula is C36H49FN6O5. The lowest BCUT2D eigenvalue weighted by molar-refractivity contribution is -0.00376. The third kappa shape index (κ3) is 9.66. The molecule has 4 rings (SSSR count). The molecule has 48 heavy (non-hydrogen) atoms. The van der Waals surface area contributed by atoms with Gasteiger partial charge in [0.25, 0.3) is 0 Å². The summed E-state index contributed by atoms with van der Waals surface area (Å²) in [4.78, 5) is 28.6. The summed E-state index contributed by atoms with van der Waals surface area (Å²) >= 11 is 0. The van der Waals surface area contributed by atoms with Crippen LogP contribution in [0.15, 0.2) is 40.9 Å². The van der Waals surface area contributed by atoms with E-state index in [9.17, 15) is 9.18 Å². The summed E-state index contributed by atoms with van der Waals surface area (Å²) in [6.07, 6.45) is 5.28. The number of benzene rings is 1. The minimum absolute atomic E-state index is 0.110. The molecule has 1 saturated heterocycles. The molecule has 0 spiro atoms. The van der Waals surface area contributed by atoms with Crippen LogP contribution in [0.2, 0.25) is 0 Å². The minimum Gasteiger partial charge on any atom is -0.474 e. The van der Waals surface area contributed by atoms with Crippen molar-refractivity contribution in [1.29, 1.82) is 0 Å². The molecule has 1 aliphatic heterocycles. The number of halogens is 1. The summed E-state index contributed by atoms with van der Waals surface area (Å²) in [5.41, 5.74) is -0.195. The zero-order valence-corrected chi connectivity index (χ0v) is 29.3. The quantitative estimate of drug-likeness (QED) is 0.206. The maximum absolute atomic E-state index is 14.4. The number of aromatic nitrogens is 4. The molecule has 0 saturated carbocycles. The van der Waals surface area contributed by atoms with Crippen molar-refractivity contribution >= 4 is 6.09 Å². The summed E-state index contributed by atoms with van der Waals surface area (Å²) in [6, 6.07) is 11.2. The number of nitrogens with one attached hydrogen (secondary N) is 1. The van der Waals surface area contributed by atoms with Crippen molar-refractivity contribution in [2.45, 2.75) is 110 Å². The summed E-state index contributed by atoms with van der Waals surface area (Å²) in [5.74, 6) is 3.78. The van der Waals surface area contributed by atoms with Gasteiger partial charge in [0.2, 0.25) is 29.3 Å². The van der Waals surface area contributed by atoms with Crippen molar-refractivity contribution in [2.75, 3.05) is 20.1 Å². The number of hydrogen-bond donors (Lipinski definition) is 1. The Balaban J connectivity index is 1.60. The summed E-state index contributed by atoms with van der Waals surface area (Å²) < 4.78 is 38.4. The van der Waals surface area contributed by atoms with Gasteiger partial charge in [-0.1, -0.05) is 42.4 Å². The summed E-state index contributed by atoms with van der Waals surface area (Å²) in [6.45, 7) is 14.0. The van der Waals surface area contributed by atoms with Crippen molar-refractivity contribution in [2.24, 2.45) is 5.92 Å². The second-order valence-corrected chi connectivity index (χ2v) is 14.0. The molecule has 0 unspecified atom stereocenters. The third-order valence-corrected chi connectivity index (χ3v) is 8.43. The predicted molar refractivity (Wildman–Crippen MR) is 180 cm³/mol. The first-order chi connectivity index (χ1) is 22.7. The molecule has 1 fully saturated rings. The topological polar surface area (TPSA) is 125 Å². The summed E-state index contributed by atoms with van der Waals surface area (Å²) in [7, 11) is 1.72. The van der Waals surface area contributed by atoms with Gasteiger partial charge in [0.15, 0.2) is 0 Å². The lowest BCUT2D eigenvalue weighted by atomic mass is 9.84. The Morgan fingerprint density at radius 3 is 2.50 bits per heavy atom. The molecule has 5 atom stereocenters. The zero-order chi connectivity index (χ0) is 35.1. The number of likely N-dealkylation sites (tertiary alicyclic amines) is 1. The Morgan fingerprint density at radius 1 is 1.12 bits per heavy atom. The smallest absolute Gasteiger partial charge is 0.410 e. The van der Waals surface area contributed by atoms with E-state index in [1.54, 1.807) is 18.0 Å². The molecule has 0 aliphatic carbocycles. The van der Waals surface area contributed by atoms with Crippen molar-refractivity contribution < 1.29 is 27.9 Å². The number of amides is 1. The Bertz CT molecular complexity index is 1540. The van der Waals surface area contributed by atoms with Crippen molar-refractivity contribution in [3.8, 4) is 35.8 Å². The van der Waals surface area contributed by atoms with Crippen LogP contribution in [0.1, 0.15) is 85.6 Å². The van der Waals surface area contributed by atoms with Gasteiger partial charge >= 0.3 is 6.09 Å². The fraction of sp³-hybridized carbons (Fsp3) is 0.583. The van der Waals surface area contributed by atoms with Crippen LogP contribution in [-0.4, -0.2) is 81.3 Å². The van der Waals surface area contributed by atoms with Gasteiger partial charge in [-0.15, -0.1) is 12.3 Å². The number of ether oxygens (including phenoxy) is 3. The molecule has 12 heteroatoms. The van der Waals surface area contributed by atoms with Gasteiger partial charge in [-0.25, -0.2) is 9.18 Å². The average Bonchev–Trinajstić information content (AvgIpc) is 3.53. The second kappa shape index (κ2) is 15.8. The predicted octanol–water partition coefficient (Wildman–Crippen LogP) is 6.37. The highest BCUT2D eigenvalue weighted by atomic mass is 19.1. The SMILES string of the molecule is C#CC[C@@H]1C[C@@H](Oc2cc(O[C@@H](C)[C@@H](C)C[C@@H](F)CNC)nc(-c3noc(C(C)(C)c4ccccc4)n3)n2)CCN1C(=O)OC(C)(C)C. The molecular weight excluding hydrogens is 615 g/mol. The molecule has 2 aromatic heterocycles. The number of rotatable bonds is 13. The number of terminal acetylenes is 1. The second-order valence-electron chi connectivity index (χ2n) is 14.0. The highest BCUT2D eigenvalue weighted by molar-refractivity contribution is 5.68. The van der Waals surface area contributed by atoms with E-state index in [0.717, 1.165) is 5.56 Å². The van der Waals surface area contributed by atoms with Crippen LogP contribution in [0.25, 0.3) is 11.6 Å². The first kappa shape index (κ1) is 36.6. The fourth-order valence-electron chi connectivity index (χ4n) is 5.56. The number of carbonyl (C=O) groups is 1. The van der Waals surface area contributed by atoms with Crippen LogP contribution in [0.3, 0.4) is 0 Å². The van der Waals surface area contributed by atoms with E-state index in [1.165, 1.54) is 0 Å². The van der Waals surface area contributed by atoms with Crippen LogP contribution >= 0.6 is 0 Å². The molecule has 1 aromatic carbocycles. The first-order valence-electron chi connectivity index (χ1n) is 16.5. The van der Waals surface area contributed by atoms with E-state index < -0.39 is 23.3 Å². The van der Waals surface area contributed by atoms with Gasteiger partial charge in [0.1, 0.15) is 24.0 Å². The van der Waals surface area contributed by atoms with E-state index >= 15 is 0 Å². The Labute approximate surface area is 283 Å². The van der Waals surface area contributed by atoms with Crippen LogP contribution in [0, 0.1) is 18.3 Å². The van der Waals surface area contributed by atoms with Gasteiger partial charge in [-0.2, -0.15) is 15.0 Å². The van der Waals surface area contributed by atoms with Crippen LogP contribution in [-0.2, 0) is 10.2 Å². The van der Waals surface area contributed by atoms with Gasteiger partial charge in [-0.05, 0) is 66.5 Å². The summed E-state index contributed by atoms with van der Waals surface area (Å²) in [5, 5.41) is 7.09. The molecule has 1 amide bonds. The fourth-order valence-corrected chi connectivity index (χ4v) is 5.56. The van der Waals surface area contributed by atoms with E-state index in [4.69, 9.17) is 25.2 Å². The normalized spacial score (nSPS) is 18.8. The largest absolute Gasteiger partial charge is 0.474 e.